The molecule has 4 amide bonds. The standard InChI is InChI=1S/C28H24N4O3S/c1-17-29-23(16-36-17)19-10-11-24-20(14-19)12-13-31(24)25(33)15-32-26(34)28(2,30-27(32)35)22-9-5-7-18-6-3-4-8-21(18)22/h3-11,14,16H,12-13,15H2,1-2H3,(H,30,35). The monoisotopic (exact) mass is 496 g/mol. The average molecular weight is 497 g/mol. The Morgan fingerprint density at radius 3 is 2.72 bits per heavy atom. The first-order valence-electron chi connectivity index (χ1n) is 11.8. The predicted molar refractivity (Wildman–Crippen MR) is 140 cm³/mol. The molecule has 7 nitrogen and oxygen atoms in total. The fourth-order valence-electron chi connectivity index (χ4n) is 5.22. The van der Waals surface area contributed by atoms with Crippen molar-refractivity contribution in [2.24, 2.45) is 0 Å². The Balaban J connectivity index is 1.24. The maximum absolute atomic E-state index is 13.5. The van der Waals surface area contributed by atoms with Crippen molar-refractivity contribution in [3.63, 3.8) is 0 Å². The van der Waals surface area contributed by atoms with Crippen LogP contribution in [0.15, 0.2) is 66.0 Å². The first kappa shape index (κ1) is 22.4. The van der Waals surface area contributed by atoms with Crippen LogP contribution in [0.25, 0.3) is 22.0 Å². The zero-order valence-corrected chi connectivity index (χ0v) is 20.8. The summed E-state index contributed by atoms with van der Waals surface area (Å²) in [5.74, 6) is -0.706. The van der Waals surface area contributed by atoms with Gasteiger partial charge in [-0.05, 0) is 54.3 Å². The number of hydrogen-bond donors (Lipinski definition) is 1. The van der Waals surface area contributed by atoms with E-state index in [0.717, 1.165) is 43.2 Å². The van der Waals surface area contributed by atoms with E-state index >= 15 is 0 Å². The van der Waals surface area contributed by atoms with Crippen molar-refractivity contribution in [1.29, 1.82) is 0 Å². The molecular weight excluding hydrogens is 472 g/mol. The third kappa shape index (κ3) is 3.48. The van der Waals surface area contributed by atoms with Crippen LogP contribution in [-0.4, -0.2) is 40.8 Å². The molecule has 1 fully saturated rings. The Labute approximate surface area is 212 Å². The van der Waals surface area contributed by atoms with Gasteiger partial charge in [-0.25, -0.2) is 9.78 Å². The fraction of sp³-hybridized carbons (Fsp3) is 0.214. The van der Waals surface area contributed by atoms with Crippen molar-refractivity contribution in [1.82, 2.24) is 15.2 Å². The van der Waals surface area contributed by atoms with E-state index in [4.69, 9.17) is 0 Å². The minimum absolute atomic E-state index is 0.281. The van der Waals surface area contributed by atoms with Crippen molar-refractivity contribution < 1.29 is 14.4 Å². The van der Waals surface area contributed by atoms with Crippen LogP contribution < -0.4 is 10.2 Å². The van der Waals surface area contributed by atoms with E-state index in [0.29, 0.717) is 18.5 Å². The average Bonchev–Trinajstić information content (AvgIpc) is 3.56. The first-order chi connectivity index (χ1) is 17.3. The summed E-state index contributed by atoms with van der Waals surface area (Å²) in [5, 5.41) is 7.75. The highest BCUT2D eigenvalue weighted by molar-refractivity contribution is 7.09. The summed E-state index contributed by atoms with van der Waals surface area (Å²) >= 11 is 1.60. The number of anilines is 1. The molecule has 0 bridgehead atoms. The van der Waals surface area contributed by atoms with Crippen LogP contribution in [0.1, 0.15) is 23.1 Å². The molecule has 1 unspecified atom stereocenters. The number of aryl methyl sites for hydroxylation is 1. The number of carbonyl (C=O) groups is 3. The van der Waals surface area contributed by atoms with Gasteiger partial charge in [-0.3, -0.25) is 14.5 Å². The lowest BCUT2D eigenvalue weighted by Gasteiger charge is -2.24. The van der Waals surface area contributed by atoms with Crippen LogP contribution in [0.4, 0.5) is 10.5 Å². The lowest BCUT2D eigenvalue weighted by molar-refractivity contribution is -0.134. The molecular formula is C28H24N4O3S. The van der Waals surface area contributed by atoms with E-state index in [9.17, 15) is 14.4 Å². The van der Waals surface area contributed by atoms with Gasteiger partial charge in [0.25, 0.3) is 5.91 Å². The number of fused-ring (bicyclic) bond motifs is 2. The number of aromatic nitrogens is 1. The molecule has 1 atom stereocenters. The van der Waals surface area contributed by atoms with Crippen LogP contribution in [0, 0.1) is 6.92 Å². The molecule has 0 radical (unpaired) electrons. The second kappa shape index (κ2) is 8.27. The molecule has 6 rings (SSSR count). The zero-order chi connectivity index (χ0) is 25.0. The lowest BCUT2D eigenvalue weighted by atomic mass is 9.88. The summed E-state index contributed by atoms with van der Waals surface area (Å²) < 4.78 is 0. The number of nitrogens with zero attached hydrogens (tertiary/aromatic N) is 3. The zero-order valence-electron chi connectivity index (χ0n) is 19.9. The lowest BCUT2D eigenvalue weighted by Crippen LogP contribution is -2.44. The minimum Gasteiger partial charge on any atom is -0.319 e. The molecule has 0 spiro atoms. The molecule has 8 heteroatoms. The molecule has 3 heterocycles. The topological polar surface area (TPSA) is 82.6 Å². The summed E-state index contributed by atoms with van der Waals surface area (Å²) in [5.41, 5.74) is 3.29. The van der Waals surface area contributed by atoms with Crippen molar-refractivity contribution in [3.05, 3.63) is 82.2 Å². The number of nitrogens with one attached hydrogen (secondary N) is 1. The van der Waals surface area contributed by atoms with Gasteiger partial charge in [0.05, 0.1) is 10.7 Å². The van der Waals surface area contributed by atoms with Crippen molar-refractivity contribution in [3.8, 4) is 11.3 Å². The highest BCUT2D eigenvalue weighted by atomic mass is 32.1. The van der Waals surface area contributed by atoms with Crippen molar-refractivity contribution in [2.45, 2.75) is 25.8 Å². The number of benzene rings is 3. The van der Waals surface area contributed by atoms with Crippen LogP contribution in [0.3, 0.4) is 0 Å². The van der Waals surface area contributed by atoms with Gasteiger partial charge in [0.15, 0.2) is 0 Å². The molecule has 1 N–H and O–H groups in total. The smallest absolute Gasteiger partial charge is 0.319 e. The van der Waals surface area contributed by atoms with Gasteiger partial charge in [0, 0.05) is 23.2 Å². The summed E-state index contributed by atoms with van der Waals surface area (Å²) in [7, 11) is 0. The molecule has 3 aromatic carbocycles. The predicted octanol–water partition coefficient (Wildman–Crippen LogP) is 4.63. The van der Waals surface area contributed by atoms with Gasteiger partial charge in [-0.15, -0.1) is 11.3 Å². The first-order valence-corrected chi connectivity index (χ1v) is 12.7. The summed E-state index contributed by atoms with van der Waals surface area (Å²) in [6.45, 7) is 3.88. The maximum Gasteiger partial charge on any atom is 0.325 e. The van der Waals surface area contributed by atoms with Gasteiger partial charge in [0.2, 0.25) is 5.91 Å². The molecule has 4 aromatic rings. The number of amides is 4. The molecule has 2 aliphatic rings. The van der Waals surface area contributed by atoms with Crippen LogP contribution in [0.2, 0.25) is 0 Å². The molecule has 0 aliphatic carbocycles. The van der Waals surface area contributed by atoms with E-state index < -0.39 is 17.5 Å². The van der Waals surface area contributed by atoms with E-state index in [1.807, 2.05) is 66.9 Å². The number of hydrogen-bond acceptors (Lipinski definition) is 5. The normalized spacial score (nSPS) is 19.2. The highest BCUT2D eigenvalue weighted by Crippen LogP contribution is 2.35. The number of urea groups is 1. The summed E-state index contributed by atoms with van der Waals surface area (Å²) in [6.07, 6.45) is 0.714. The second-order valence-corrected chi connectivity index (χ2v) is 10.4. The third-order valence-corrected chi connectivity index (χ3v) is 7.86. The fourth-order valence-corrected chi connectivity index (χ4v) is 5.84. The Morgan fingerprint density at radius 2 is 1.92 bits per heavy atom. The number of imide groups is 1. The summed E-state index contributed by atoms with van der Waals surface area (Å²) in [4.78, 5) is 47.0. The van der Waals surface area contributed by atoms with Crippen molar-refractivity contribution >= 4 is 45.6 Å². The van der Waals surface area contributed by atoms with Crippen LogP contribution in [0.5, 0.6) is 0 Å². The summed E-state index contributed by atoms with van der Waals surface area (Å²) in [6, 6.07) is 18.8. The van der Waals surface area contributed by atoms with E-state index in [-0.39, 0.29) is 12.5 Å². The highest BCUT2D eigenvalue weighted by Gasteiger charge is 2.50. The van der Waals surface area contributed by atoms with Gasteiger partial charge in [0.1, 0.15) is 12.1 Å². The Hall–Kier alpha value is -4.04. The molecule has 2 aliphatic heterocycles. The largest absolute Gasteiger partial charge is 0.325 e. The molecule has 36 heavy (non-hydrogen) atoms. The van der Waals surface area contributed by atoms with E-state index in [2.05, 4.69) is 16.4 Å². The van der Waals surface area contributed by atoms with Gasteiger partial charge < -0.3 is 10.2 Å². The maximum atomic E-state index is 13.5. The molecule has 1 aromatic heterocycles. The molecule has 0 saturated carbocycles. The Kier molecular flexibility index (Phi) is 5.15. The number of rotatable bonds is 4. The molecule has 1 saturated heterocycles. The van der Waals surface area contributed by atoms with Crippen LogP contribution in [-0.2, 0) is 21.5 Å². The van der Waals surface area contributed by atoms with Gasteiger partial charge >= 0.3 is 6.03 Å². The van der Waals surface area contributed by atoms with Gasteiger partial charge in [-0.1, -0.05) is 48.5 Å². The number of carbonyl (C=O) groups excluding carboxylic acids is 3. The molecule has 180 valence electrons. The Bertz CT molecular complexity index is 1560. The van der Waals surface area contributed by atoms with Crippen LogP contribution >= 0.6 is 11.3 Å². The van der Waals surface area contributed by atoms with Gasteiger partial charge in [-0.2, -0.15) is 0 Å². The Morgan fingerprint density at radius 1 is 1.11 bits per heavy atom. The SMILES string of the molecule is Cc1nc(-c2ccc3c(c2)CCN3C(=O)CN2C(=O)NC(C)(c3cccc4ccccc34)C2=O)cs1. The second-order valence-electron chi connectivity index (χ2n) is 9.36. The van der Waals surface area contributed by atoms with E-state index in [1.54, 1.807) is 23.2 Å². The number of thiazole rings is 1. The third-order valence-electron chi connectivity index (χ3n) is 7.09. The van der Waals surface area contributed by atoms with Crippen molar-refractivity contribution in [2.75, 3.05) is 18.0 Å². The minimum atomic E-state index is -1.25. The van der Waals surface area contributed by atoms with E-state index in [1.165, 1.54) is 0 Å². The quantitative estimate of drug-likeness (QED) is 0.418.